The number of piperidine rings is 1. The van der Waals surface area contributed by atoms with Crippen molar-refractivity contribution in [3.05, 3.63) is 77.9 Å². The van der Waals surface area contributed by atoms with Crippen molar-refractivity contribution in [3.63, 3.8) is 0 Å². The van der Waals surface area contributed by atoms with Gasteiger partial charge in [0.2, 0.25) is 10.0 Å². The molecule has 2 aliphatic rings. The molecule has 0 aliphatic carbocycles. The molecule has 1 amide bonds. The van der Waals surface area contributed by atoms with Gasteiger partial charge >= 0.3 is 0 Å². The third-order valence-corrected chi connectivity index (χ3v) is 10.8. The number of carbonyl (C=O) groups is 1. The number of anilines is 2. The summed E-state index contributed by atoms with van der Waals surface area (Å²) < 4.78 is 56.1. The Labute approximate surface area is 222 Å². The number of benzene rings is 3. The molecule has 9 nitrogen and oxygen atoms in total. The Balaban J connectivity index is 1.41. The predicted octanol–water partition coefficient (Wildman–Crippen LogP) is 3.96. The van der Waals surface area contributed by atoms with Crippen LogP contribution in [-0.2, 0) is 26.5 Å². The van der Waals surface area contributed by atoms with Crippen molar-refractivity contribution >= 4 is 37.3 Å². The van der Waals surface area contributed by atoms with Crippen LogP contribution in [0.15, 0.2) is 76.5 Å². The number of nitrogens with zero attached hydrogens (tertiary/aromatic N) is 2. The molecule has 0 bridgehead atoms. The van der Waals surface area contributed by atoms with Crippen molar-refractivity contribution in [3.8, 4) is 5.75 Å². The van der Waals surface area contributed by atoms with E-state index in [9.17, 15) is 26.7 Å². The molecule has 2 N–H and O–H groups in total. The number of hydrogen-bond acceptors (Lipinski definition) is 6. The second-order valence-electron chi connectivity index (χ2n) is 9.61. The summed E-state index contributed by atoms with van der Waals surface area (Å²) in [4.78, 5) is 13.0. The van der Waals surface area contributed by atoms with Gasteiger partial charge in [-0.05, 0) is 74.2 Å². The van der Waals surface area contributed by atoms with Crippen LogP contribution >= 0.6 is 0 Å². The molecule has 3 aromatic carbocycles. The van der Waals surface area contributed by atoms with Crippen LogP contribution in [0.4, 0.5) is 11.4 Å². The Morgan fingerprint density at radius 3 is 2.34 bits per heavy atom. The van der Waals surface area contributed by atoms with Gasteiger partial charge in [-0.25, -0.2) is 16.8 Å². The Bertz CT molecular complexity index is 1600. The molecule has 2 heterocycles. The van der Waals surface area contributed by atoms with Crippen LogP contribution in [0.1, 0.15) is 42.1 Å². The van der Waals surface area contributed by atoms with Gasteiger partial charge in [0.05, 0.1) is 21.2 Å². The zero-order chi connectivity index (χ0) is 27.1. The first-order valence-electron chi connectivity index (χ1n) is 12.5. The lowest BCUT2D eigenvalue weighted by Gasteiger charge is -2.26. The molecular weight excluding hydrogens is 526 g/mol. The van der Waals surface area contributed by atoms with Crippen molar-refractivity contribution in [1.29, 1.82) is 0 Å². The van der Waals surface area contributed by atoms with Gasteiger partial charge in [0.1, 0.15) is 5.75 Å². The van der Waals surface area contributed by atoms with E-state index in [-0.39, 0.29) is 32.8 Å². The SMILES string of the molecule is C[C@@H]1Cc2ccccc2N1S(=O)(=O)c1cccc(C(=O)Nc2cc(S(=O)(=O)N3CCCCC3)ccc2O)c1. The first-order chi connectivity index (χ1) is 18.1. The molecule has 0 aromatic heterocycles. The number of phenolic OH excluding ortho intramolecular Hbond substituents is 1. The normalized spacial score (nSPS) is 18.2. The van der Waals surface area contributed by atoms with Gasteiger partial charge in [-0.3, -0.25) is 9.10 Å². The van der Waals surface area contributed by atoms with Crippen molar-refractivity contribution < 1.29 is 26.7 Å². The van der Waals surface area contributed by atoms with Gasteiger partial charge in [-0.15, -0.1) is 0 Å². The molecule has 0 unspecified atom stereocenters. The minimum atomic E-state index is -3.96. The summed E-state index contributed by atoms with van der Waals surface area (Å²) in [5.41, 5.74) is 1.53. The number of carbonyl (C=O) groups excluding carboxylic acids is 1. The Hall–Kier alpha value is -3.41. The van der Waals surface area contributed by atoms with Crippen molar-refractivity contribution in [2.75, 3.05) is 22.7 Å². The largest absolute Gasteiger partial charge is 0.506 e. The number of hydrogen-bond donors (Lipinski definition) is 2. The summed E-state index contributed by atoms with van der Waals surface area (Å²) in [6, 6.07) is 16.4. The van der Waals surface area contributed by atoms with Gasteiger partial charge in [0.25, 0.3) is 15.9 Å². The number of rotatable bonds is 6. The summed E-state index contributed by atoms with van der Waals surface area (Å²) in [6.07, 6.45) is 3.12. The third-order valence-electron chi connectivity index (χ3n) is 6.97. The number of fused-ring (bicyclic) bond motifs is 1. The summed E-state index contributed by atoms with van der Waals surface area (Å²) in [5.74, 6) is -0.984. The third kappa shape index (κ3) is 4.77. The average Bonchev–Trinajstić information content (AvgIpc) is 3.26. The molecule has 0 saturated carbocycles. The minimum Gasteiger partial charge on any atom is -0.506 e. The van der Waals surface area contributed by atoms with Gasteiger partial charge < -0.3 is 10.4 Å². The lowest BCUT2D eigenvalue weighted by molar-refractivity contribution is 0.102. The minimum absolute atomic E-state index is 0.0366. The van der Waals surface area contributed by atoms with E-state index >= 15 is 0 Å². The summed E-state index contributed by atoms with van der Waals surface area (Å²) >= 11 is 0. The molecule has 1 atom stereocenters. The highest BCUT2D eigenvalue weighted by Gasteiger charge is 2.36. The van der Waals surface area contributed by atoms with E-state index in [2.05, 4.69) is 5.32 Å². The molecule has 5 rings (SSSR count). The standard InChI is InChI=1S/C27H29N3O6S2/c1-19-16-20-8-3-4-11-25(20)30(19)38(35,36)22-10-7-9-21(17-22)27(32)28-24-18-23(12-13-26(24)31)37(33,34)29-14-5-2-6-15-29/h3-4,7-13,17-19,31H,2,5-6,14-16H2,1H3,(H,28,32)/t19-/m1/s1. The predicted molar refractivity (Wildman–Crippen MR) is 144 cm³/mol. The smallest absolute Gasteiger partial charge is 0.264 e. The van der Waals surface area contributed by atoms with Crippen LogP contribution < -0.4 is 9.62 Å². The van der Waals surface area contributed by atoms with Crippen molar-refractivity contribution in [1.82, 2.24) is 4.31 Å². The van der Waals surface area contributed by atoms with Crippen molar-refractivity contribution in [2.45, 2.75) is 48.4 Å². The zero-order valence-electron chi connectivity index (χ0n) is 20.9. The van der Waals surface area contributed by atoms with E-state index in [0.29, 0.717) is 25.2 Å². The van der Waals surface area contributed by atoms with Crippen molar-refractivity contribution in [2.24, 2.45) is 0 Å². The highest BCUT2D eigenvalue weighted by Crippen LogP contribution is 2.37. The van der Waals surface area contributed by atoms with E-state index in [1.807, 2.05) is 19.1 Å². The maximum absolute atomic E-state index is 13.6. The van der Waals surface area contributed by atoms with Gasteiger partial charge in [0.15, 0.2) is 0 Å². The first kappa shape index (κ1) is 26.2. The molecule has 2 aliphatic heterocycles. The molecule has 0 spiro atoms. The summed E-state index contributed by atoms with van der Waals surface area (Å²) in [6.45, 7) is 2.68. The molecule has 1 saturated heterocycles. The molecule has 11 heteroatoms. The Morgan fingerprint density at radius 2 is 1.58 bits per heavy atom. The number of nitrogens with one attached hydrogen (secondary N) is 1. The van der Waals surface area contributed by atoms with E-state index < -0.39 is 26.0 Å². The highest BCUT2D eigenvalue weighted by molar-refractivity contribution is 7.93. The lowest BCUT2D eigenvalue weighted by Crippen LogP contribution is -2.35. The van der Waals surface area contributed by atoms with Gasteiger partial charge in [-0.1, -0.05) is 30.7 Å². The van der Waals surface area contributed by atoms with Gasteiger partial charge in [-0.2, -0.15) is 4.31 Å². The van der Waals surface area contributed by atoms with Crippen LogP contribution in [-0.4, -0.2) is 51.3 Å². The summed E-state index contributed by atoms with van der Waals surface area (Å²) in [5, 5.41) is 12.9. The summed E-state index contributed by atoms with van der Waals surface area (Å²) in [7, 11) is -7.74. The topological polar surface area (TPSA) is 124 Å². The van der Waals surface area contributed by atoms with Crippen LogP contribution in [0.25, 0.3) is 0 Å². The maximum Gasteiger partial charge on any atom is 0.264 e. The molecule has 0 radical (unpaired) electrons. The second-order valence-corrected chi connectivity index (χ2v) is 13.4. The quantitative estimate of drug-likeness (QED) is 0.444. The Kier molecular flexibility index (Phi) is 6.93. The van der Waals surface area contributed by atoms with E-state index in [4.69, 9.17) is 0 Å². The molecule has 1 fully saturated rings. The second kappa shape index (κ2) is 10.0. The first-order valence-corrected chi connectivity index (χ1v) is 15.3. The zero-order valence-corrected chi connectivity index (χ0v) is 22.5. The number of aromatic hydroxyl groups is 1. The van der Waals surface area contributed by atoms with E-state index in [0.717, 1.165) is 24.8 Å². The molecule has 3 aromatic rings. The maximum atomic E-state index is 13.6. The fourth-order valence-electron chi connectivity index (χ4n) is 5.04. The fraction of sp³-hybridized carbons (Fsp3) is 0.296. The van der Waals surface area contributed by atoms with Gasteiger partial charge in [0, 0.05) is 24.7 Å². The molecular formula is C27H29N3O6S2. The fourth-order valence-corrected chi connectivity index (χ4v) is 8.32. The van der Waals surface area contributed by atoms with E-state index in [1.165, 1.54) is 51.1 Å². The van der Waals surface area contributed by atoms with Crippen LogP contribution in [0.5, 0.6) is 5.75 Å². The lowest BCUT2D eigenvalue weighted by atomic mass is 10.1. The van der Waals surface area contributed by atoms with Crippen LogP contribution in [0.3, 0.4) is 0 Å². The number of para-hydroxylation sites is 1. The van der Waals surface area contributed by atoms with E-state index in [1.54, 1.807) is 12.1 Å². The number of phenols is 1. The van der Waals surface area contributed by atoms with Crippen LogP contribution in [0.2, 0.25) is 0 Å². The highest BCUT2D eigenvalue weighted by atomic mass is 32.2. The number of sulfonamides is 2. The van der Waals surface area contributed by atoms with Crippen LogP contribution in [0, 0.1) is 0 Å². The molecule has 200 valence electrons. The average molecular weight is 556 g/mol. The Morgan fingerprint density at radius 1 is 0.868 bits per heavy atom. The monoisotopic (exact) mass is 555 g/mol. The molecule has 38 heavy (non-hydrogen) atoms. The number of amides is 1.